The average Bonchev–Trinajstić information content (AvgIpc) is 2.91. The van der Waals surface area contributed by atoms with Crippen LogP contribution < -0.4 is 10.8 Å². The van der Waals surface area contributed by atoms with Gasteiger partial charge in [-0.1, -0.05) is 24.3 Å². The molecule has 0 aliphatic carbocycles. The van der Waals surface area contributed by atoms with Crippen molar-refractivity contribution in [1.29, 1.82) is 0 Å². The van der Waals surface area contributed by atoms with Crippen LogP contribution in [0.5, 0.6) is 0 Å². The Kier molecular flexibility index (Phi) is 5.39. The molecule has 2 unspecified atom stereocenters. The lowest BCUT2D eigenvalue weighted by Crippen LogP contribution is -2.49. The summed E-state index contributed by atoms with van der Waals surface area (Å²) in [7, 11) is -0.735. The third kappa shape index (κ3) is 3.62. The Morgan fingerprint density at radius 1 is 1.17 bits per heavy atom. The molecular formula is C22H27BFNO5. The van der Waals surface area contributed by atoms with Crippen molar-refractivity contribution < 1.29 is 28.3 Å². The number of amides is 1. The van der Waals surface area contributed by atoms with Crippen LogP contribution in [0, 0.1) is 5.82 Å². The van der Waals surface area contributed by atoms with E-state index in [1.165, 1.54) is 6.07 Å². The van der Waals surface area contributed by atoms with Crippen molar-refractivity contribution in [2.24, 2.45) is 0 Å². The minimum Gasteiger partial charge on any atom is -0.399 e. The Hall–Kier alpha value is -2.00. The van der Waals surface area contributed by atoms with Gasteiger partial charge in [0, 0.05) is 12.0 Å². The van der Waals surface area contributed by atoms with E-state index in [9.17, 15) is 9.90 Å². The minimum absolute atomic E-state index is 0.0999. The molecule has 2 aliphatic heterocycles. The summed E-state index contributed by atoms with van der Waals surface area (Å²) in [5.74, 6) is -1.19. The Balaban J connectivity index is 1.75. The highest BCUT2D eigenvalue weighted by Gasteiger charge is 2.52. The van der Waals surface area contributed by atoms with Gasteiger partial charge in [-0.25, -0.2) is 4.39 Å². The zero-order chi connectivity index (χ0) is 21.7. The summed E-state index contributed by atoms with van der Waals surface area (Å²) in [6.07, 6.45) is -0.361. The number of rotatable bonds is 3. The van der Waals surface area contributed by atoms with Crippen molar-refractivity contribution in [3.8, 4) is 0 Å². The molecule has 2 fully saturated rings. The van der Waals surface area contributed by atoms with Crippen LogP contribution in [-0.2, 0) is 14.0 Å². The molecule has 30 heavy (non-hydrogen) atoms. The Labute approximate surface area is 175 Å². The number of carbonyl (C=O) groups is 1. The summed E-state index contributed by atoms with van der Waals surface area (Å²) in [5, 5.41) is 13.8. The summed E-state index contributed by atoms with van der Waals surface area (Å²) >= 11 is 0. The SMILES string of the molecule is CC1(C)OB(c2cc(C(=O)NC3CCOCC3O)c(F)c3ccccc23)OC1(C)C. The molecule has 4 rings (SSSR count). The molecule has 1 amide bonds. The molecule has 2 saturated heterocycles. The van der Waals surface area contributed by atoms with E-state index in [0.29, 0.717) is 29.3 Å². The maximum atomic E-state index is 15.3. The molecule has 0 aromatic heterocycles. The van der Waals surface area contributed by atoms with E-state index >= 15 is 4.39 Å². The molecule has 0 bridgehead atoms. The predicted octanol–water partition coefficient (Wildman–Crippen LogP) is 2.16. The Bertz CT molecular complexity index is 963. The van der Waals surface area contributed by atoms with E-state index in [1.807, 2.05) is 33.8 Å². The summed E-state index contributed by atoms with van der Waals surface area (Å²) in [5.41, 5.74) is -0.635. The van der Waals surface area contributed by atoms with Gasteiger partial charge in [-0.2, -0.15) is 0 Å². The second-order valence-corrected chi connectivity index (χ2v) is 8.97. The normalized spacial score (nSPS) is 25.5. The molecule has 0 spiro atoms. The largest absolute Gasteiger partial charge is 0.495 e. The van der Waals surface area contributed by atoms with Gasteiger partial charge in [0.05, 0.1) is 35.5 Å². The number of carbonyl (C=O) groups excluding carboxylic acids is 1. The van der Waals surface area contributed by atoms with Crippen LogP contribution in [-0.4, -0.2) is 54.7 Å². The van der Waals surface area contributed by atoms with Crippen LogP contribution in [0.2, 0.25) is 0 Å². The maximum absolute atomic E-state index is 15.3. The standard InChI is InChI=1S/C22H27BFNO5/c1-21(2)22(3,4)30-23(29-21)16-11-15(19(24)14-8-6-5-7-13(14)16)20(27)25-17-9-10-28-12-18(17)26/h5-8,11,17-18,26H,9-10,12H2,1-4H3,(H,25,27). The van der Waals surface area contributed by atoms with Crippen LogP contribution >= 0.6 is 0 Å². The minimum atomic E-state index is -0.825. The van der Waals surface area contributed by atoms with Crippen LogP contribution in [0.3, 0.4) is 0 Å². The van der Waals surface area contributed by atoms with Crippen LogP contribution in [0.25, 0.3) is 10.8 Å². The molecule has 2 atom stereocenters. The lowest BCUT2D eigenvalue weighted by atomic mass is 9.75. The molecule has 2 heterocycles. The van der Waals surface area contributed by atoms with Crippen molar-refractivity contribution in [2.75, 3.05) is 13.2 Å². The van der Waals surface area contributed by atoms with Gasteiger partial charge in [-0.05, 0) is 51.0 Å². The monoisotopic (exact) mass is 415 g/mol. The first-order valence-electron chi connectivity index (χ1n) is 10.2. The van der Waals surface area contributed by atoms with Gasteiger partial charge in [0.25, 0.3) is 5.91 Å². The number of ether oxygens (including phenoxy) is 1. The number of fused-ring (bicyclic) bond motifs is 1. The third-order valence-corrected chi connectivity index (χ3v) is 6.41. The summed E-state index contributed by atoms with van der Waals surface area (Å²) < 4.78 is 32.8. The van der Waals surface area contributed by atoms with Gasteiger partial charge in [0.1, 0.15) is 5.82 Å². The molecule has 2 aromatic carbocycles. The van der Waals surface area contributed by atoms with Crippen molar-refractivity contribution in [3.05, 3.63) is 41.7 Å². The van der Waals surface area contributed by atoms with E-state index in [-0.39, 0.29) is 12.2 Å². The summed E-state index contributed by atoms with van der Waals surface area (Å²) in [6, 6.07) is 7.98. The predicted molar refractivity (Wildman–Crippen MR) is 112 cm³/mol. The smallest absolute Gasteiger partial charge is 0.399 e. The molecule has 2 aliphatic rings. The van der Waals surface area contributed by atoms with Gasteiger partial charge < -0.3 is 24.5 Å². The first-order chi connectivity index (χ1) is 14.1. The van der Waals surface area contributed by atoms with Crippen molar-refractivity contribution >= 4 is 29.3 Å². The molecule has 2 aromatic rings. The van der Waals surface area contributed by atoms with Crippen LogP contribution in [0.15, 0.2) is 30.3 Å². The van der Waals surface area contributed by atoms with Crippen LogP contribution in [0.4, 0.5) is 4.39 Å². The Morgan fingerprint density at radius 2 is 1.80 bits per heavy atom. The van der Waals surface area contributed by atoms with E-state index in [0.717, 1.165) is 0 Å². The first-order valence-corrected chi connectivity index (χ1v) is 10.2. The van der Waals surface area contributed by atoms with E-state index in [4.69, 9.17) is 14.0 Å². The zero-order valence-electron chi connectivity index (χ0n) is 17.7. The van der Waals surface area contributed by atoms with Crippen molar-refractivity contribution in [3.63, 3.8) is 0 Å². The fourth-order valence-electron chi connectivity index (χ4n) is 3.84. The van der Waals surface area contributed by atoms with E-state index in [1.54, 1.807) is 18.2 Å². The van der Waals surface area contributed by atoms with Crippen molar-refractivity contribution in [2.45, 2.75) is 57.5 Å². The fourth-order valence-corrected chi connectivity index (χ4v) is 3.84. The lowest BCUT2D eigenvalue weighted by Gasteiger charge is -2.32. The van der Waals surface area contributed by atoms with E-state index in [2.05, 4.69) is 5.32 Å². The molecule has 8 heteroatoms. The van der Waals surface area contributed by atoms with Crippen molar-refractivity contribution in [1.82, 2.24) is 5.32 Å². The maximum Gasteiger partial charge on any atom is 0.495 e. The second kappa shape index (κ2) is 7.60. The number of aliphatic hydroxyl groups is 1. The van der Waals surface area contributed by atoms with Gasteiger partial charge in [0.15, 0.2) is 0 Å². The number of halogens is 1. The van der Waals surface area contributed by atoms with Gasteiger partial charge >= 0.3 is 7.12 Å². The number of nitrogens with one attached hydrogen (secondary N) is 1. The summed E-state index contributed by atoms with van der Waals surface area (Å²) in [4.78, 5) is 13.0. The molecule has 2 N–H and O–H groups in total. The Morgan fingerprint density at radius 3 is 2.43 bits per heavy atom. The number of hydrogen-bond donors (Lipinski definition) is 2. The van der Waals surface area contributed by atoms with Gasteiger partial charge in [-0.3, -0.25) is 4.79 Å². The lowest BCUT2D eigenvalue weighted by molar-refractivity contribution is -0.0261. The zero-order valence-corrected chi connectivity index (χ0v) is 17.7. The highest BCUT2D eigenvalue weighted by atomic mass is 19.1. The number of hydrogen-bond acceptors (Lipinski definition) is 5. The topological polar surface area (TPSA) is 77.0 Å². The average molecular weight is 415 g/mol. The number of benzene rings is 2. The molecular weight excluding hydrogens is 388 g/mol. The van der Waals surface area contributed by atoms with Gasteiger partial charge in [0.2, 0.25) is 0 Å². The summed E-state index contributed by atoms with van der Waals surface area (Å²) in [6.45, 7) is 8.35. The highest BCUT2D eigenvalue weighted by molar-refractivity contribution is 6.65. The van der Waals surface area contributed by atoms with E-state index < -0.39 is 42.2 Å². The third-order valence-electron chi connectivity index (χ3n) is 6.41. The molecule has 6 nitrogen and oxygen atoms in total. The quantitative estimate of drug-likeness (QED) is 0.752. The van der Waals surface area contributed by atoms with Gasteiger partial charge in [-0.15, -0.1) is 0 Å². The number of aliphatic hydroxyl groups excluding tert-OH is 1. The second-order valence-electron chi connectivity index (χ2n) is 8.97. The van der Waals surface area contributed by atoms with Crippen LogP contribution in [0.1, 0.15) is 44.5 Å². The first kappa shape index (κ1) is 21.2. The molecule has 0 saturated carbocycles. The molecule has 0 radical (unpaired) electrons. The highest BCUT2D eigenvalue weighted by Crippen LogP contribution is 2.37. The molecule has 160 valence electrons. The fraction of sp³-hybridized carbons (Fsp3) is 0.500.